The molecule has 3 rings (SSSR count). The van der Waals surface area contributed by atoms with Crippen LogP contribution in [0.1, 0.15) is 53.5 Å². The second-order valence-corrected chi connectivity index (χ2v) is 5.96. The Balaban J connectivity index is 1.77. The lowest BCUT2D eigenvalue weighted by Gasteiger charge is -2.28. The Bertz CT molecular complexity index is 731. The van der Waals surface area contributed by atoms with Gasteiger partial charge in [0.25, 0.3) is 0 Å². The zero-order valence-electron chi connectivity index (χ0n) is 13.7. The number of nitrogens with one attached hydrogen (secondary N) is 1. The van der Waals surface area contributed by atoms with E-state index in [2.05, 4.69) is 15.4 Å². The van der Waals surface area contributed by atoms with Crippen LogP contribution in [0.4, 0.5) is 4.79 Å². The van der Waals surface area contributed by atoms with E-state index < -0.39 is 18.1 Å². The van der Waals surface area contributed by atoms with E-state index in [1.807, 2.05) is 30.3 Å². The molecule has 0 aliphatic carbocycles. The lowest BCUT2D eigenvalue weighted by atomic mass is 10.1. The second kappa shape index (κ2) is 7.78. The van der Waals surface area contributed by atoms with E-state index in [9.17, 15) is 14.7 Å². The molecule has 132 valence electrons. The molecule has 25 heavy (non-hydrogen) atoms. The molecule has 2 heterocycles. The van der Waals surface area contributed by atoms with Crippen LogP contribution >= 0.6 is 0 Å². The molecule has 8 nitrogen and oxygen atoms in total. The van der Waals surface area contributed by atoms with Gasteiger partial charge >= 0.3 is 12.1 Å². The first-order valence-electron chi connectivity index (χ1n) is 8.28. The molecule has 1 aromatic heterocycles. The van der Waals surface area contributed by atoms with E-state index in [0.29, 0.717) is 13.0 Å². The maximum Gasteiger partial charge on any atom is 0.410 e. The molecule has 1 aliphatic rings. The summed E-state index contributed by atoms with van der Waals surface area (Å²) in [6, 6.07) is 8.98. The number of rotatable bonds is 4. The minimum atomic E-state index is -1.16. The van der Waals surface area contributed by atoms with Gasteiger partial charge in [0, 0.05) is 6.54 Å². The van der Waals surface area contributed by atoms with Gasteiger partial charge in [0.15, 0.2) is 5.69 Å². The molecular formula is C17H20N4O4. The SMILES string of the molecule is O=C(O)c1n[nH]nc1C1CCCCCN1C(=O)OCc1ccccc1. The third-order valence-electron chi connectivity index (χ3n) is 4.29. The summed E-state index contributed by atoms with van der Waals surface area (Å²) in [5.74, 6) is -1.16. The smallest absolute Gasteiger partial charge is 0.410 e. The molecule has 1 fully saturated rings. The van der Waals surface area contributed by atoms with Gasteiger partial charge in [0.2, 0.25) is 0 Å². The molecule has 0 saturated carbocycles. The number of aromatic amines is 1. The van der Waals surface area contributed by atoms with Gasteiger partial charge in [-0.3, -0.25) is 4.90 Å². The van der Waals surface area contributed by atoms with Crippen LogP contribution in [-0.2, 0) is 11.3 Å². The number of aromatic carboxylic acids is 1. The number of hydrogen-bond donors (Lipinski definition) is 2. The van der Waals surface area contributed by atoms with Crippen LogP contribution in [0.25, 0.3) is 0 Å². The summed E-state index contributed by atoms with van der Waals surface area (Å²) in [5.41, 5.74) is 1.04. The van der Waals surface area contributed by atoms with Crippen molar-refractivity contribution in [3.8, 4) is 0 Å². The van der Waals surface area contributed by atoms with E-state index in [1.165, 1.54) is 0 Å². The van der Waals surface area contributed by atoms with E-state index in [-0.39, 0.29) is 18.0 Å². The van der Waals surface area contributed by atoms with Crippen molar-refractivity contribution >= 4 is 12.1 Å². The van der Waals surface area contributed by atoms with Gasteiger partial charge in [0.05, 0.1) is 6.04 Å². The average molecular weight is 344 g/mol. The number of ether oxygens (including phenoxy) is 1. The summed E-state index contributed by atoms with van der Waals surface area (Å²) < 4.78 is 5.43. The molecule has 1 unspecified atom stereocenters. The van der Waals surface area contributed by atoms with Gasteiger partial charge in [-0.15, -0.1) is 5.10 Å². The highest BCUT2D eigenvalue weighted by molar-refractivity contribution is 5.86. The Morgan fingerprint density at radius 3 is 2.76 bits per heavy atom. The quantitative estimate of drug-likeness (QED) is 0.883. The van der Waals surface area contributed by atoms with Crippen LogP contribution in [0, 0.1) is 0 Å². The fourth-order valence-corrected chi connectivity index (χ4v) is 3.04. The van der Waals surface area contributed by atoms with Gasteiger partial charge in [0.1, 0.15) is 12.3 Å². The number of carboxylic acid groups (broad SMARTS) is 1. The number of H-pyrrole nitrogens is 1. The Kier molecular flexibility index (Phi) is 5.27. The summed E-state index contributed by atoms with van der Waals surface area (Å²) in [7, 11) is 0. The molecule has 0 radical (unpaired) electrons. The second-order valence-electron chi connectivity index (χ2n) is 5.96. The Morgan fingerprint density at radius 2 is 2.00 bits per heavy atom. The lowest BCUT2D eigenvalue weighted by molar-refractivity contribution is 0.0672. The molecule has 2 N–H and O–H groups in total. The first-order valence-corrected chi connectivity index (χ1v) is 8.28. The largest absolute Gasteiger partial charge is 0.476 e. The van der Waals surface area contributed by atoms with Crippen LogP contribution in [0.3, 0.4) is 0 Å². The first kappa shape index (κ1) is 16.9. The summed E-state index contributed by atoms with van der Waals surface area (Å²) >= 11 is 0. The summed E-state index contributed by atoms with van der Waals surface area (Å²) in [4.78, 5) is 25.5. The van der Waals surface area contributed by atoms with Crippen molar-refractivity contribution in [2.75, 3.05) is 6.54 Å². The van der Waals surface area contributed by atoms with Crippen molar-refractivity contribution in [2.24, 2.45) is 0 Å². The Labute approximate surface area is 144 Å². The van der Waals surface area contributed by atoms with Crippen LogP contribution in [0.15, 0.2) is 30.3 Å². The number of carbonyl (C=O) groups is 2. The van der Waals surface area contributed by atoms with Crippen molar-refractivity contribution in [3.63, 3.8) is 0 Å². The van der Waals surface area contributed by atoms with Crippen molar-refractivity contribution in [1.29, 1.82) is 0 Å². The number of aromatic nitrogens is 3. The van der Waals surface area contributed by atoms with Gasteiger partial charge in [-0.2, -0.15) is 10.3 Å². The number of amides is 1. The lowest BCUT2D eigenvalue weighted by Crippen LogP contribution is -2.36. The summed E-state index contributed by atoms with van der Waals surface area (Å²) in [6.07, 6.45) is 2.87. The molecule has 1 amide bonds. The highest BCUT2D eigenvalue weighted by atomic mass is 16.6. The molecule has 1 aromatic carbocycles. The van der Waals surface area contributed by atoms with Crippen LogP contribution in [-0.4, -0.2) is 44.0 Å². The van der Waals surface area contributed by atoms with E-state index in [4.69, 9.17) is 4.74 Å². The number of hydrogen-bond acceptors (Lipinski definition) is 5. The predicted molar refractivity (Wildman–Crippen MR) is 87.9 cm³/mol. The van der Waals surface area contributed by atoms with E-state index in [0.717, 1.165) is 24.8 Å². The molecule has 2 aromatic rings. The van der Waals surface area contributed by atoms with Crippen LogP contribution in [0.2, 0.25) is 0 Å². The van der Waals surface area contributed by atoms with Gasteiger partial charge in [-0.25, -0.2) is 9.59 Å². The topological polar surface area (TPSA) is 108 Å². The average Bonchev–Trinajstić information content (AvgIpc) is 2.99. The molecule has 1 saturated heterocycles. The van der Waals surface area contributed by atoms with Crippen molar-refractivity contribution in [2.45, 2.75) is 38.3 Å². The standard InChI is InChI=1S/C17H20N4O4/c22-16(23)15-14(18-20-19-15)13-9-5-2-6-10-21(13)17(24)25-11-12-7-3-1-4-8-12/h1,3-4,7-8,13H,2,5-6,9-11H2,(H,22,23)(H,18,19,20). The van der Waals surface area contributed by atoms with Gasteiger partial charge in [-0.05, 0) is 18.4 Å². The van der Waals surface area contributed by atoms with Gasteiger partial charge < -0.3 is 9.84 Å². The Morgan fingerprint density at radius 1 is 1.20 bits per heavy atom. The minimum Gasteiger partial charge on any atom is -0.476 e. The number of benzene rings is 1. The molecule has 0 spiro atoms. The summed E-state index contributed by atoms with van der Waals surface area (Å²) in [6.45, 7) is 0.678. The highest BCUT2D eigenvalue weighted by Crippen LogP contribution is 2.31. The van der Waals surface area contributed by atoms with Crippen molar-refractivity contribution < 1.29 is 19.4 Å². The first-order chi connectivity index (χ1) is 12.2. The van der Waals surface area contributed by atoms with Gasteiger partial charge in [-0.1, -0.05) is 43.2 Å². The van der Waals surface area contributed by atoms with E-state index >= 15 is 0 Å². The fraction of sp³-hybridized carbons (Fsp3) is 0.412. The number of carbonyl (C=O) groups excluding carboxylic acids is 1. The van der Waals surface area contributed by atoms with Crippen molar-refractivity contribution in [3.05, 3.63) is 47.3 Å². The number of likely N-dealkylation sites (tertiary alicyclic amines) is 1. The molecular weight excluding hydrogens is 324 g/mol. The highest BCUT2D eigenvalue weighted by Gasteiger charge is 2.33. The number of carboxylic acids is 1. The Hall–Kier alpha value is -2.90. The van der Waals surface area contributed by atoms with E-state index in [1.54, 1.807) is 4.90 Å². The zero-order chi connectivity index (χ0) is 17.6. The van der Waals surface area contributed by atoms with Crippen molar-refractivity contribution in [1.82, 2.24) is 20.3 Å². The monoisotopic (exact) mass is 344 g/mol. The minimum absolute atomic E-state index is 0.146. The molecule has 0 bridgehead atoms. The molecule has 8 heteroatoms. The normalized spacial score (nSPS) is 17.8. The maximum absolute atomic E-state index is 12.6. The summed E-state index contributed by atoms with van der Waals surface area (Å²) in [5, 5.41) is 19.3. The third-order valence-corrected chi connectivity index (χ3v) is 4.29. The molecule has 1 atom stereocenters. The van der Waals surface area contributed by atoms with Crippen LogP contribution in [0.5, 0.6) is 0 Å². The third kappa shape index (κ3) is 3.96. The number of nitrogens with zero attached hydrogens (tertiary/aromatic N) is 3. The fourth-order valence-electron chi connectivity index (χ4n) is 3.04. The molecule has 1 aliphatic heterocycles. The maximum atomic E-state index is 12.6. The van der Waals surface area contributed by atoms with Crippen LogP contribution < -0.4 is 0 Å². The zero-order valence-corrected chi connectivity index (χ0v) is 13.7. The predicted octanol–water partition coefficient (Wildman–Crippen LogP) is 2.76.